The monoisotopic (exact) mass is 370 g/mol. The Labute approximate surface area is 151 Å². The molecule has 1 aliphatic rings. The molecule has 0 radical (unpaired) electrons. The Kier molecular flexibility index (Phi) is 6.05. The Morgan fingerprint density at radius 3 is 2.38 bits per heavy atom. The van der Waals surface area contributed by atoms with Crippen LogP contribution in [-0.4, -0.2) is 46.8 Å². The lowest BCUT2D eigenvalue weighted by molar-refractivity contribution is -0.0865. The predicted octanol–water partition coefficient (Wildman–Crippen LogP) is 4.21. The van der Waals surface area contributed by atoms with Crippen molar-refractivity contribution in [3.63, 3.8) is 0 Å². The summed E-state index contributed by atoms with van der Waals surface area (Å²) in [6, 6.07) is 8.96. The number of hydrogen-bond acceptors (Lipinski definition) is 4. The Morgan fingerprint density at radius 2 is 1.77 bits per heavy atom. The normalized spacial score (nSPS) is 17.4. The molecule has 0 atom stereocenters. The third-order valence-electron chi connectivity index (χ3n) is 3.61. The Bertz CT molecular complexity index is 632. The van der Waals surface area contributed by atoms with Crippen LogP contribution in [0.1, 0.15) is 39.2 Å². The summed E-state index contributed by atoms with van der Waals surface area (Å²) < 4.78 is 38.3. The van der Waals surface area contributed by atoms with Crippen LogP contribution in [0.25, 0.3) is 0 Å². The quantitative estimate of drug-likeness (QED) is 0.783. The van der Waals surface area contributed by atoms with Crippen molar-refractivity contribution in [3.05, 3.63) is 35.9 Å². The van der Waals surface area contributed by atoms with Gasteiger partial charge in [0.25, 0.3) is 5.92 Å². The van der Waals surface area contributed by atoms with Gasteiger partial charge < -0.3 is 9.47 Å². The molecule has 1 saturated heterocycles. The minimum atomic E-state index is -3.11. The summed E-state index contributed by atoms with van der Waals surface area (Å²) in [6.45, 7) is 3.87. The van der Waals surface area contributed by atoms with Gasteiger partial charge in [0.15, 0.2) is 0 Å². The van der Waals surface area contributed by atoms with E-state index >= 15 is 0 Å². The molecule has 1 aliphatic heterocycles. The number of hydrazine groups is 1. The van der Waals surface area contributed by atoms with Gasteiger partial charge in [-0.3, -0.25) is 0 Å². The van der Waals surface area contributed by atoms with Crippen LogP contribution in [0.4, 0.5) is 18.4 Å². The highest BCUT2D eigenvalue weighted by molar-refractivity contribution is 5.74. The molecule has 2 rings (SSSR count). The molecular weight excluding hydrogens is 346 g/mol. The van der Waals surface area contributed by atoms with E-state index in [1.165, 1.54) is 0 Å². The largest absolute Gasteiger partial charge is 0.443 e. The van der Waals surface area contributed by atoms with Crippen LogP contribution in [0.2, 0.25) is 0 Å². The van der Waals surface area contributed by atoms with Crippen LogP contribution in [0.3, 0.4) is 0 Å². The van der Waals surface area contributed by atoms with Crippen LogP contribution in [0.15, 0.2) is 30.3 Å². The van der Waals surface area contributed by atoms with E-state index in [0.29, 0.717) is 5.01 Å². The zero-order valence-electron chi connectivity index (χ0n) is 15.2. The van der Waals surface area contributed by atoms with Gasteiger partial charge in [0, 0.05) is 13.0 Å². The summed E-state index contributed by atoms with van der Waals surface area (Å²) in [5.41, 5.74) is -0.122. The van der Waals surface area contributed by atoms with E-state index in [1.807, 2.05) is 6.07 Å². The first-order valence-corrected chi connectivity index (χ1v) is 8.44. The molecule has 8 heteroatoms. The third kappa shape index (κ3) is 5.86. The van der Waals surface area contributed by atoms with Gasteiger partial charge in [0.2, 0.25) is 0 Å². The third-order valence-corrected chi connectivity index (χ3v) is 3.61. The van der Waals surface area contributed by atoms with E-state index in [9.17, 15) is 18.4 Å². The maximum atomic E-state index is 14.0. The second-order valence-corrected chi connectivity index (χ2v) is 7.16. The van der Waals surface area contributed by atoms with Gasteiger partial charge in [-0.2, -0.15) is 0 Å². The van der Waals surface area contributed by atoms with Crippen molar-refractivity contribution < 1.29 is 27.8 Å². The number of rotatable bonds is 2. The Hall–Kier alpha value is -2.38. The molecule has 0 aliphatic carbocycles. The zero-order valence-corrected chi connectivity index (χ0v) is 15.2. The number of carbonyl (C=O) groups excluding carboxylic acids is 2. The number of carbonyl (C=O) groups is 2. The number of halogens is 2. The van der Waals surface area contributed by atoms with Crippen molar-refractivity contribution in [2.24, 2.45) is 0 Å². The lowest BCUT2D eigenvalue weighted by atomic mass is 10.2. The van der Waals surface area contributed by atoms with Crippen molar-refractivity contribution in [3.8, 4) is 0 Å². The van der Waals surface area contributed by atoms with E-state index in [-0.39, 0.29) is 19.6 Å². The predicted molar refractivity (Wildman–Crippen MR) is 90.5 cm³/mol. The molecule has 0 unspecified atom stereocenters. The van der Waals surface area contributed by atoms with Gasteiger partial charge in [0.1, 0.15) is 18.8 Å². The van der Waals surface area contributed by atoms with Gasteiger partial charge in [-0.25, -0.2) is 28.4 Å². The lowest BCUT2D eigenvalue weighted by Crippen LogP contribution is -2.53. The molecule has 1 fully saturated rings. The smallest absolute Gasteiger partial charge is 0.429 e. The molecule has 0 aromatic heterocycles. The highest BCUT2D eigenvalue weighted by Crippen LogP contribution is 2.28. The summed E-state index contributed by atoms with van der Waals surface area (Å²) in [4.78, 5) is 24.8. The second kappa shape index (κ2) is 7.88. The standard InChI is InChI=1S/C18H24F2N2O4/c1-17(2,3)26-16(24)22-13-18(19,20)10-7-11-21(22)15(23)25-12-14-8-5-4-6-9-14/h4-6,8-9H,7,10-13H2,1-3H3. The summed E-state index contributed by atoms with van der Waals surface area (Å²) in [5, 5.41) is 1.55. The van der Waals surface area contributed by atoms with E-state index in [1.54, 1.807) is 45.0 Å². The van der Waals surface area contributed by atoms with Gasteiger partial charge >= 0.3 is 12.2 Å². The molecule has 26 heavy (non-hydrogen) atoms. The van der Waals surface area contributed by atoms with E-state index in [0.717, 1.165) is 10.6 Å². The summed E-state index contributed by atoms with van der Waals surface area (Å²) in [7, 11) is 0. The van der Waals surface area contributed by atoms with Crippen molar-refractivity contribution in [2.75, 3.05) is 13.1 Å². The Morgan fingerprint density at radius 1 is 1.12 bits per heavy atom. The van der Waals surface area contributed by atoms with Gasteiger partial charge in [-0.05, 0) is 32.8 Å². The maximum Gasteiger partial charge on any atom is 0.429 e. The molecule has 0 spiro atoms. The van der Waals surface area contributed by atoms with Crippen molar-refractivity contribution >= 4 is 12.2 Å². The van der Waals surface area contributed by atoms with E-state index in [4.69, 9.17) is 9.47 Å². The first-order chi connectivity index (χ1) is 12.1. The van der Waals surface area contributed by atoms with Crippen LogP contribution < -0.4 is 0 Å². The first-order valence-electron chi connectivity index (χ1n) is 8.44. The molecule has 0 bridgehead atoms. The zero-order chi connectivity index (χ0) is 19.4. The number of ether oxygens (including phenoxy) is 2. The van der Waals surface area contributed by atoms with Crippen LogP contribution >= 0.6 is 0 Å². The van der Waals surface area contributed by atoms with Gasteiger partial charge in [0.05, 0.1) is 0 Å². The minimum absolute atomic E-state index is 0.0191. The number of amides is 2. The fourth-order valence-electron chi connectivity index (χ4n) is 2.45. The fraction of sp³-hybridized carbons (Fsp3) is 0.556. The molecule has 2 amide bonds. The average molecular weight is 370 g/mol. The highest BCUT2D eigenvalue weighted by atomic mass is 19.3. The molecule has 144 valence electrons. The molecule has 0 saturated carbocycles. The summed E-state index contributed by atoms with van der Waals surface area (Å²) >= 11 is 0. The second-order valence-electron chi connectivity index (χ2n) is 7.16. The van der Waals surface area contributed by atoms with Crippen LogP contribution in [0, 0.1) is 0 Å². The number of nitrogens with zero attached hydrogens (tertiary/aromatic N) is 2. The van der Waals surface area contributed by atoms with Gasteiger partial charge in [-0.15, -0.1) is 0 Å². The number of alkyl halides is 2. The molecule has 0 N–H and O–H groups in total. The lowest BCUT2D eigenvalue weighted by Gasteiger charge is -2.34. The number of benzene rings is 1. The van der Waals surface area contributed by atoms with Crippen molar-refractivity contribution in [1.82, 2.24) is 10.0 Å². The first kappa shape index (κ1) is 19.9. The van der Waals surface area contributed by atoms with Crippen molar-refractivity contribution in [1.29, 1.82) is 0 Å². The molecular formula is C18H24F2N2O4. The highest BCUT2D eigenvalue weighted by Gasteiger charge is 2.42. The maximum absolute atomic E-state index is 14.0. The van der Waals surface area contributed by atoms with Crippen LogP contribution in [0.5, 0.6) is 0 Å². The average Bonchev–Trinajstić information content (AvgIpc) is 2.70. The van der Waals surface area contributed by atoms with Gasteiger partial charge in [-0.1, -0.05) is 30.3 Å². The van der Waals surface area contributed by atoms with E-state index in [2.05, 4.69) is 0 Å². The van der Waals surface area contributed by atoms with E-state index < -0.39 is 36.7 Å². The number of hydrogen-bond donors (Lipinski definition) is 0. The fourth-order valence-corrected chi connectivity index (χ4v) is 2.45. The summed E-state index contributed by atoms with van der Waals surface area (Å²) in [6.07, 6.45) is -2.24. The SMILES string of the molecule is CC(C)(C)OC(=O)N1CC(F)(F)CCCN1C(=O)OCc1ccccc1. The molecule has 1 aromatic carbocycles. The topological polar surface area (TPSA) is 59.1 Å². The molecule has 1 heterocycles. The Balaban J connectivity index is 2.12. The summed E-state index contributed by atoms with van der Waals surface area (Å²) in [5.74, 6) is -3.11. The molecule has 6 nitrogen and oxygen atoms in total. The van der Waals surface area contributed by atoms with Crippen molar-refractivity contribution in [2.45, 2.75) is 51.7 Å². The minimum Gasteiger partial charge on any atom is -0.443 e. The van der Waals surface area contributed by atoms with Crippen LogP contribution in [-0.2, 0) is 16.1 Å². The molecule has 1 aromatic rings.